The number of carbonyl (C=O) groups excluding carboxylic acids is 1. The molecule has 3 nitrogen and oxygen atoms in total. The number of rotatable bonds is 3. The zero-order valence-corrected chi connectivity index (χ0v) is 11.5. The van der Waals surface area contributed by atoms with Crippen molar-refractivity contribution >= 4 is 5.97 Å². The first-order valence-electron chi connectivity index (χ1n) is 7.50. The second-order valence-electron chi connectivity index (χ2n) is 7.10. The Morgan fingerprint density at radius 3 is 2.00 bits per heavy atom. The van der Waals surface area contributed by atoms with Crippen LogP contribution < -0.4 is 5.73 Å². The molecule has 0 spiro atoms. The van der Waals surface area contributed by atoms with Gasteiger partial charge in [0.15, 0.2) is 0 Å². The van der Waals surface area contributed by atoms with E-state index in [1.807, 2.05) is 13.8 Å². The van der Waals surface area contributed by atoms with Crippen LogP contribution in [-0.2, 0) is 9.53 Å². The van der Waals surface area contributed by atoms with Crippen molar-refractivity contribution < 1.29 is 9.53 Å². The molecule has 3 heteroatoms. The zero-order valence-electron chi connectivity index (χ0n) is 11.5. The molecule has 0 aliphatic heterocycles. The lowest BCUT2D eigenvalue weighted by Crippen LogP contribution is -2.51. The van der Waals surface area contributed by atoms with Crippen molar-refractivity contribution in [3.63, 3.8) is 0 Å². The minimum absolute atomic E-state index is 0.161. The number of esters is 1. The Hall–Kier alpha value is -0.570. The van der Waals surface area contributed by atoms with Gasteiger partial charge in [-0.3, -0.25) is 4.79 Å². The lowest BCUT2D eigenvalue weighted by Gasteiger charge is -2.53. The van der Waals surface area contributed by atoms with Gasteiger partial charge < -0.3 is 10.5 Å². The monoisotopic (exact) mass is 251 g/mol. The summed E-state index contributed by atoms with van der Waals surface area (Å²) in [6.07, 6.45) is 6.72. The van der Waals surface area contributed by atoms with Gasteiger partial charge >= 0.3 is 5.97 Å². The number of carbonyl (C=O) groups is 1. The fourth-order valence-corrected chi connectivity index (χ4v) is 4.55. The van der Waals surface area contributed by atoms with Crippen molar-refractivity contribution in [1.29, 1.82) is 0 Å². The maximum Gasteiger partial charge on any atom is 0.323 e. The minimum atomic E-state index is -0.456. The second kappa shape index (κ2) is 4.52. The topological polar surface area (TPSA) is 52.3 Å². The maximum atomic E-state index is 12.0. The van der Waals surface area contributed by atoms with E-state index in [1.54, 1.807) is 0 Å². The van der Waals surface area contributed by atoms with Crippen LogP contribution >= 0.6 is 0 Å². The first kappa shape index (κ1) is 12.5. The van der Waals surface area contributed by atoms with Gasteiger partial charge in [0.1, 0.15) is 12.1 Å². The fraction of sp³-hybridized carbons (Fsp3) is 0.933. The highest BCUT2D eigenvalue weighted by Crippen LogP contribution is 2.54. The number of hydrogen-bond acceptors (Lipinski definition) is 3. The summed E-state index contributed by atoms with van der Waals surface area (Å²) in [6, 6.07) is -0.456. The number of hydrogen-bond donors (Lipinski definition) is 1. The quantitative estimate of drug-likeness (QED) is 0.783. The van der Waals surface area contributed by atoms with E-state index in [0.717, 1.165) is 11.8 Å². The summed E-state index contributed by atoms with van der Waals surface area (Å²) in [5.41, 5.74) is 5.89. The molecule has 4 saturated carbocycles. The molecular weight excluding hydrogens is 226 g/mol. The zero-order chi connectivity index (χ0) is 12.9. The van der Waals surface area contributed by atoms with E-state index in [0.29, 0.717) is 11.8 Å². The van der Waals surface area contributed by atoms with E-state index in [9.17, 15) is 4.79 Å². The molecule has 2 N–H and O–H groups in total. The van der Waals surface area contributed by atoms with E-state index in [4.69, 9.17) is 10.5 Å². The lowest BCUT2D eigenvalue weighted by molar-refractivity contribution is -0.173. The average molecular weight is 251 g/mol. The van der Waals surface area contributed by atoms with Gasteiger partial charge in [0.05, 0.1) is 0 Å². The predicted octanol–water partition coefficient (Wildman–Crippen LogP) is 2.34. The van der Waals surface area contributed by atoms with Gasteiger partial charge in [-0.05, 0) is 61.7 Å². The molecule has 18 heavy (non-hydrogen) atoms. The van der Waals surface area contributed by atoms with Crippen LogP contribution in [0, 0.1) is 29.6 Å². The molecule has 0 radical (unpaired) electrons. The standard InChI is InChI=1S/C15H25NO2/c1-8(2)13(16)15(17)18-14-11-4-9-3-10(6-11)7-12(14)5-9/h8-14H,3-7,16H2,1-2H3. The van der Waals surface area contributed by atoms with Crippen LogP contribution in [0.3, 0.4) is 0 Å². The Balaban J connectivity index is 1.65. The molecule has 4 aliphatic carbocycles. The lowest BCUT2D eigenvalue weighted by atomic mass is 9.55. The van der Waals surface area contributed by atoms with Crippen molar-refractivity contribution in [1.82, 2.24) is 0 Å². The van der Waals surface area contributed by atoms with Gasteiger partial charge in [0.2, 0.25) is 0 Å². The highest BCUT2D eigenvalue weighted by Gasteiger charge is 2.50. The minimum Gasteiger partial charge on any atom is -0.461 e. The highest BCUT2D eigenvalue weighted by atomic mass is 16.5. The molecule has 0 aromatic rings. The largest absolute Gasteiger partial charge is 0.461 e. The summed E-state index contributed by atoms with van der Waals surface area (Å²) in [7, 11) is 0. The maximum absolute atomic E-state index is 12.0. The Morgan fingerprint density at radius 1 is 1.06 bits per heavy atom. The Bertz CT molecular complexity index is 311. The second-order valence-corrected chi connectivity index (χ2v) is 7.10. The number of nitrogens with two attached hydrogens (primary N) is 1. The third kappa shape index (κ3) is 2.07. The number of ether oxygens (including phenoxy) is 1. The third-order valence-electron chi connectivity index (χ3n) is 5.38. The van der Waals surface area contributed by atoms with Crippen LogP contribution in [0.5, 0.6) is 0 Å². The van der Waals surface area contributed by atoms with Crippen LogP contribution in [0.15, 0.2) is 0 Å². The van der Waals surface area contributed by atoms with E-state index in [-0.39, 0.29) is 18.0 Å². The molecular formula is C15H25NO2. The molecule has 4 bridgehead atoms. The Kier molecular flexibility index (Phi) is 3.13. The molecule has 4 aliphatic rings. The summed E-state index contributed by atoms with van der Waals surface area (Å²) in [5.74, 6) is 3.08. The van der Waals surface area contributed by atoms with Crippen LogP contribution in [0.2, 0.25) is 0 Å². The van der Waals surface area contributed by atoms with Gasteiger partial charge in [0, 0.05) is 0 Å². The van der Waals surface area contributed by atoms with Crippen molar-refractivity contribution in [2.24, 2.45) is 35.3 Å². The van der Waals surface area contributed by atoms with E-state index >= 15 is 0 Å². The SMILES string of the molecule is CC(C)C(N)C(=O)OC1C2CC3CC(C2)CC1C3. The van der Waals surface area contributed by atoms with Crippen LogP contribution in [0.4, 0.5) is 0 Å². The van der Waals surface area contributed by atoms with Crippen LogP contribution in [-0.4, -0.2) is 18.1 Å². The molecule has 0 amide bonds. The van der Waals surface area contributed by atoms with E-state index in [2.05, 4.69) is 0 Å². The first-order chi connectivity index (χ1) is 8.54. The van der Waals surface area contributed by atoms with Gasteiger partial charge in [-0.15, -0.1) is 0 Å². The summed E-state index contributed by atoms with van der Waals surface area (Å²) in [6.45, 7) is 3.95. The van der Waals surface area contributed by atoms with Gasteiger partial charge in [-0.25, -0.2) is 0 Å². The molecule has 0 aromatic carbocycles. The summed E-state index contributed by atoms with van der Waals surface area (Å²) >= 11 is 0. The van der Waals surface area contributed by atoms with Crippen molar-refractivity contribution in [2.45, 2.75) is 58.1 Å². The molecule has 1 atom stereocenters. The third-order valence-corrected chi connectivity index (χ3v) is 5.38. The fourth-order valence-electron chi connectivity index (χ4n) is 4.55. The van der Waals surface area contributed by atoms with Crippen molar-refractivity contribution in [3.8, 4) is 0 Å². The molecule has 1 unspecified atom stereocenters. The van der Waals surface area contributed by atoms with Gasteiger partial charge in [-0.2, -0.15) is 0 Å². The van der Waals surface area contributed by atoms with Gasteiger partial charge in [-0.1, -0.05) is 13.8 Å². The molecule has 0 aromatic heterocycles. The van der Waals surface area contributed by atoms with Crippen LogP contribution in [0.1, 0.15) is 46.0 Å². The first-order valence-corrected chi connectivity index (χ1v) is 7.50. The normalized spacial score (nSPS) is 43.2. The Morgan fingerprint density at radius 2 is 1.56 bits per heavy atom. The molecule has 0 saturated heterocycles. The smallest absolute Gasteiger partial charge is 0.323 e. The summed E-state index contributed by atoms with van der Waals surface area (Å²) < 4.78 is 5.79. The van der Waals surface area contributed by atoms with Crippen LogP contribution in [0.25, 0.3) is 0 Å². The summed E-state index contributed by atoms with van der Waals surface area (Å²) in [4.78, 5) is 12.0. The highest BCUT2D eigenvalue weighted by molar-refractivity contribution is 5.76. The molecule has 4 fully saturated rings. The van der Waals surface area contributed by atoms with E-state index in [1.165, 1.54) is 32.1 Å². The predicted molar refractivity (Wildman–Crippen MR) is 69.7 cm³/mol. The Labute approximate surface area is 109 Å². The molecule has 102 valence electrons. The molecule has 0 heterocycles. The van der Waals surface area contributed by atoms with Crippen molar-refractivity contribution in [2.75, 3.05) is 0 Å². The average Bonchev–Trinajstić information content (AvgIpc) is 2.31. The summed E-state index contributed by atoms with van der Waals surface area (Å²) in [5, 5.41) is 0. The van der Waals surface area contributed by atoms with Crippen molar-refractivity contribution in [3.05, 3.63) is 0 Å². The molecule has 4 rings (SSSR count). The van der Waals surface area contributed by atoms with Gasteiger partial charge in [0.25, 0.3) is 0 Å². The van der Waals surface area contributed by atoms with E-state index < -0.39 is 6.04 Å².